The molecule has 0 aromatic heterocycles. The third-order valence-electron chi connectivity index (χ3n) is 6.10. The van der Waals surface area contributed by atoms with Gasteiger partial charge in [-0.2, -0.15) is 0 Å². The second-order valence-corrected chi connectivity index (χ2v) is 11.0. The Morgan fingerprint density at radius 2 is 1.51 bits per heavy atom. The molecule has 1 N–H and O–H groups in total. The van der Waals surface area contributed by atoms with Crippen molar-refractivity contribution in [1.29, 1.82) is 0 Å². The second-order valence-electron chi connectivity index (χ2n) is 11.0. The average Bonchev–Trinajstić information content (AvgIpc) is 2.74. The minimum atomic E-state index is -0.731. The quantitative estimate of drug-likeness (QED) is 0.212. The van der Waals surface area contributed by atoms with Gasteiger partial charge in [-0.05, 0) is 45.8 Å². The van der Waals surface area contributed by atoms with E-state index in [0.29, 0.717) is 10.9 Å². The molecule has 200 valence electrons. The fourth-order valence-electron chi connectivity index (χ4n) is 3.86. The molecule has 1 aromatic carbocycles. The summed E-state index contributed by atoms with van der Waals surface area (Å²) in [6, 6.07) is 8.96. The maximum Gasteiger partial charge on any atom is 0.329 e. The molecule has 0 aliphatic heterocycles. The van der Waals surface area contributed by atoms with Crippen molar-refractivity contribution in [2.75, 3.05) is 20.6 Å². The number of rotatable bonds is 16. The summed E-state index contributed by atoms with van der Waals surface area (Å²) in [5.41, 5.74) is 1.21. The first-order valence-electron chi connectivity index (χ1n) is 13.0. The topological polar surface area (TPSA) is 55.4 Å². The van der Waals surface area contributed by atoms with Crippen LogP contribution in [-0.2, 0) is 20.7 Å². The van der Waals surface area contributed by atoms with E-state index in [9.17, 15) is 9.59 Å². The Balaban J connectivity index is 0.0000116. The van der Waals surface area contributed by atoms with Crippen LogP contribution in [0.3, 0.4) is 0 Å². The molecule has 1 aromatic rings. The third-order valence-corrected chi connectivity index (χ3v) is 6.10. The molecule has 0 aliphatic rings. The summed E-state index contributed by atoms with van der Waals surface area (Å²) in [7, 11) is 4.21. The number of ether oxygens (including phenoxy) is 1. The van der Waals surface area contributed by atoms with Crippen molar-refractivity contribution >= 4 is 11.9 Å². The van der Waals surface area contributed by atoms with Gasteiger partial charge < -0.3 is 22.5 Å². The highest BCUT2D eigenvalue weighted by atomic mass is 35.5. The largest absolute Gasteiger partial charge is 1.00 e. The molecule has 0 unspecified atom stereocenters. The van der Waals surface area contributed by atoms with Gasteiger partial charge in [0.2, 0.25) is 5.91 Å². The molecule has 0 fully saturated rings. The molecular weight excluding hydrogens is 460 g/mol. The first kappa shape index (κ1) is 33.1. The predicted molar refractivity (Wildman–Crippen MR) is 141 cm³/mol. The molecule has 1 amide bonds. The molecular formula is C29H49ClN2O3. The van der Waals surface area contributed by atoms with E-state index < -0.39 is 17.6 Å². The summed E-state index contributed by atoms with van der Waals surface area (Å²) >= 11 is 0. The molecule has 0 aliphatic carbocycles. The Labute approximate surface area is 220 Å². The lowest BCUT2D eigenvalue weighted by Crippen LogP contribution is -3.00. The Hall–Kier alpha value is -1.85. The summed E-state index contributed by atoms with van der Waals surface area (Å²) in [4.78, 5) is 25.7. The van der Waals surface area contributed by atoms with E-state index in [1.807, 2.05) is 51.1 Å². The fourth-order valence-corrected chi connectivity index (χ4v) is 3.86. The summed E-state index contributed by atoms with van der Waals surface area (Å²) in [5.74, 6) is -0.609. The third kappa shape index (κ3) is 15.0. The molecule has 0 radical (unpaired) electrons. The molecule has 0 heterocycles. The van der Waals surface area contributed by atoms with Gasteiger partial charge in [0.1, 0.15) is 23.8 Å². The smallest absolute Gasteiger partial charge is 0.329 e. The molecule has 0 bridgehead atoms. The number of amides is 1. The number of quaternary nitrogens is 1. The Morgan fingerprint density at radius 1 is 0.971 bits per heavy atom. The summed E-state index contributed by atoms with van der Waals surface area (Å²) in [6.45, 7) is 12.9. The number of unbranched alkanes of at least 4 members (excludes halogenated alkanes) is 7. The number of nitrogens with zero attached hydrogens (tertiary/aromatic N) is 1. The number of esters is 1. The molecule has 35 heavy (non-hydrogen) atoms. The van der Waals surface area contributed by atoms with Crippen LogP contribution in [0.5, 0.6) is 0 Å². The summed E-state index contributed by atoms with van der Waals surface area (Å²) in [5, 5.41) is 2.91. The van der Waals surface area contributed by atoms with Crippen LogP contribution in [0.15, 0.2) is 42.6 Å². The molecule has 1 atom stereocenters. The Morgan fingerprint density at radius 3 is 2.06 bits per heavy atom. The van der Waals surface area contributed by atoms with E-state index in [4.69, 9.17) is 4.74 Å². The van der Waals surface area contributed by atoms with Crippen molar-refractivity contribution in [1.82, 2.24) is 5.32 Å². The molecule has 1 rings (SSSR count). The lowest BCUT2D eigenvalue weighted by Gasteiger charge is -2.31. The zero-order valence-electron chi connectivity index (χ0n) is 23.0. The van der Waals surface area contributed by atoms with Gasteiger partial charge in [-0.15, -0.1) is 0 Å². The zero-order chi connectivity index (χ0) is 25.6. The highest BCUT2D eigenvalue weighted by Crippen LogP contribution is 2.17. The number of hydrogen-bond acceptors (Lipinski definition) is 3. The minimum absolute atomic E-state index is 0. The van der Waals surface area contributed by atoms with E-state index in [2.05, 4.69) is 32.9 Å². The maximum absolute atomic E-state index is 12.9. The van der Waals surface area contributed by atoms with Gasteiger partial charge in [-0.25, -0.2) is 4.79 Å². The van der Waals surface area contributed by atoms with Crippen LogP contribution in [-0.4, -0.2) is 48.6 Å². The first-order valence-corrected chi connectivity index (χ1v) is 13.0. The van der Waals surface area contributed by atoms with Crippen molar-refractivity contribution in [2.24, 2.45) is 0 Å². The number of halogens is 1. The van der Waals surface area contributed by atoms with E-state index in [1.165, 1.54) is 44.9 Å². The van der Waals surface area contributed by atoms with Gasteiger partial charge in [0, 0.05) is 6.42 Å². The lowest BCUT2D eigenvalue weighted by atomic mass is 10.0. The van der Waals surface area contributed by atoms with Crippen LogP contribution in [0.1, 0.15) is 91.0 Å². The monoisotopic (exact) mass is 508 g/mol. The normalized spacial score (nSPS) is 12.4. The van der Waals surface area contributed by atoms with E-state index >= 15 is 0 Å². The van der Waals surface area contributed by atoms with Crippen LogP contribution in [0.25, 0.3) is 0 Å². The first-order chi connectivity index (χ1) is 15.9. The zero-order valence-corrected chi connectivity index (χ0v) is 23.8. The van der Waals surface area contributed by atoms with Gasteiger partial charge in [0.05, 0.1) is 20.6 Å². The number of hydrogen-bond donors (Lipinski definition) is 1. The van der Waals surface area contributed by atoms with Gasteiger partial charge in [-0.1, -0.05) is 75.8 Å². The fraction of sp³-hybridized carbons (Fsp3) is 0.655. The predicted octanol–water partition coefficient (Wildman–Crippen LogP) is 3.18. The van der Waals surface area contributed by atoms with Crippen LogP contribution in [0, 0.1) is 0 Å². The summed E-state index contributed by atoms with van der Waals surface area (Å²) < 4.78 is 6.18. The van der Waals surface area contributed by atoms with Crippen molar-refractivity contribution in [3.63, 3.8) is 0 Å². The van der Waals surface area contributed by atoms with Crippen molar-refractivity contribution < 1.29 is 31.2 Å². The lowest BCUT2D eigenvalue weighted by molar-refractivity contribution is -0.853. The Kier molecular flexibility index (Phi) is 15.9. The molecule has 5 nitrogen and oxygen atoms in total. The SMILES string of the molecule is C=C(CC(=O)N[C@@H](Cc1ccccc1)C(=O)OC(C)(C)C)[N+](C)(C)CCCCCCCCCC.[Cl-]. The molecule has 0 spiro atoms. The maximum atomic E-state index is 12.9. The van der Waals surface area contributed by atoms with Crippen molar-refractivity contribution in [3.05, 3.63) is 48.2 Å². The number of benzene rings is 1. The van der Waals surface area contributed by atoms with Gasteiger partial charge >= 0.3 is 5.97 Å². The van der Waals surface area contributed by atoms with Crippen LogP contribution in [0.2, 0.25) is 0 Å². The number of nitrogens with one attached hydrogen (secondary N) is 1. The second kappa shape index (κ2) is 16.8. The highest BCUT2D eigenvalue weighted by molar-refractivity contribution is 5.85. The number of carbonyl (C=O) groups is 2. The Bertz CT molecular complexity index is 757. The van der Waals surface area contributed by atoms with Crippen LogP contribution < -0.4 is 17.7 Å². The average molecular weight is 509 g/mol. The number of carbonyl (C=O) groups excluding carboxylic acids is 2. The van der Waals surface area contributed by atoms with Crippen LogP contribution >= 0.6 is 0 Å². The van der Waals surface area contributed by atoms with Gasteiger partial charge in [-0.3, -0.25) is 9.28 Å². The van der Waals surface area contributed by atoms with Crippen molar-refractivity contribution in [3.8, 4) is 0 Å². The van der Waals surface area contributed by atoms with E-state index in [-0.39, 0.29) is 24.7 Å². The van der Waals surface area contributed by atoms with E-state index in [1.54, 1.807) is 0 Å². The standard InChI is InChI=1S/C29H48N2O3.ClH/c1-8-9-10-11-12-13-14-18-21-31(6,7)24(2)22-27(32)30-26(28(33)34-29(3,4)5)23-25-19-16-15-17-20-25;/h15-17,19-20,26H,2,8-14,18,21-23H2,1,3-7H3;1H/t26-;/m0./s1. The van der Waals surface area contributed by atoms with Crippen molar-refractivity contribution in [2.45, 2.75) is 104 Å². The molecule has 6 heteroatoms. The molecule has 0 saturated carbocycles. The van der Waals surface area contributed by atoms with E-state index in [0.717, 1.165) is 24.2 Å². The summed E-state index contributed by atoms with van der Waals surface area (Å²) in [6.07, 6.45) is 10.8. The molecule has 0 saturated heterocycles. The minimum Gasteiger partial charge on any atom is -1.00 e. The highest BCUT2D eigenvalue weighted by Gasteiger charge is 2.29. The van der Waals surface area contributed by atoms with Gasteiger partial charge in [0.15, 0.2) is 0 Å². The van der Waals surface area contributed by atoms with Crippen LogP contribution in [0.4, 0.5) is 0 Å². The van der Waals surface area contributed by atoms with Gasteiger partial charge in [0.25, 0.3) is 0 Å².